The van der Waals surface area contributed by atoms with Gasteiger partial charge in [0.15, 0.2) is 5.65 Å². The lowest BCUT2D eigenvalue weighted by Crippen LogP contribution is -2.25. The Kier molecular flexibility index (Phi) is 3.56. The largest absolute Gasteiger partial charge is 0.349 e. The molecule has 5 nitrogen and oxygen atoms in total. The van der Waals surface area contributed by atoms with Crippen LogP contribution in [0.1, 0.15) is 43.1 Å². The second-order valence-electron chi connectivity index (χ2n) is 6.59. The van der Waals surface area contributed by atoms with E-state index in [1.165, 1.54) is 0 Å². The highest BCUT2D eigenvalue weighted by molar-refractivity contribution is 6.06. The number of carbonyl (C=O) groups is 1. The van der Waals surface area contributed by atoms with E-state index in [0.717, 1.165) is 35.1 Å². The molecule has 3 aromatic rings. The van der Waals surface area contributed by atoms with Crippen LogP contribution in [-0.4, -0.2) is 26.7 Å². The van der Waals surface area contributed by atoms with Crippen LogP contribution in [0.5, 0.6) is 0 Å². The van der Waals surface area contributed by atoms with E-state index in [0.29, 0.717) is 11.6 Å². The molecule has 0 atom stereocenters. The topological polar surface area (TPSA) is 59.8 Å². The third-order valence-electron chi connectivity index (χ3n) is 4.28. The van der Waals surface area contributed by atoms with Crippen LogP contribution in [-0.2, 0) is 0 Å². The molecule has 4 rings (SSSR count). The number of hydrogen-bond acceptors (Lipinski definition) is 3. The number of amides is 1. The van der Waals surface area contributed by atoms with Gasteiger partial charge < -0.3 is 5.32 Å². The first-order chi connectivity index (χ1) is 11.6. The van der Waals surface area contributed by atoms with Gasteiger partial charge in [0.1, 0.15) is 0 Å². The maximum atomic E-state index is 12.7. The summed E-state index contributed by atoms with van der Waals surface area (Å²) >= 11 is 0. The Labute approximate surface area is 140 Å². The zero-order valence-electron chi connectivity index (χ0n) is 13.9. The molecule has 5 heteroatoms. The van der Waals surface area contributed by atoms with Gasteiger partial charge in [-0.2, -0.15) is 5.10 Å². The highest BCUT2D eigenvalue weighted by Crippen LogP contribution is 2.27. The molecule has 122 valence electrons. The average molecular weight is 320 g/mol. The molecule has 1 amide bonds. The van der Waals surface area contributed by atoms with E-state index < -0.39 is 0 Å². The maximum Gasteiger partial charge on any atom is 0.252 e. The van der Waals surface area contributed by atoms with Crippen LogP contribution in [0.3, 0.4) is 0 Å². The number of carbonyl (C=O) groups excluding carboxylic acids is 1. The first kappa shape index (κ1) is 14.9. The lowest BCUT2D eigenvalue weighted by atomic mass is 10.1. The minimum atomic E-state index is -0.0367. The molecule has 0 bridgehead atoms. The van der Waals surface area contributed by atoms with Crippen LogP contribution in [0.2, 0.25) is 0 Å². The van der Waals surface area contributed by atoms with Gasteiger partial charge >= 0.3 is 0 Å². The van der Waals surface area contributed by atoms with Gasteiger partial charge in [0.25, 0.3) is 5.91 Å². The third kappa shape index (κ3) is 2.66. The van der Waals surface area contributed by atoms with Crippen LogP contribution in [0.15, 0.2) is 42.6 Å². The van der Waals surface area contributed by atoms with Crippen LogP contribution in [0.4, 0.5) is 0 Å². The quantitative estimate of drug-likeness (QED) is 0.799. The fourth-order valence-electron chi connectivity index (χ4n) is 2.83. The summed E-state index contributed by atoms with van der Waals surface area (Å²) in [5.41, 5.74) is 3.20. The van der Waals surface area contributed by atoms with Crippen molar-refractivity contribution in [2.45, 2.75) is 38.8 Å². The normalized spacial score (nSPS) is 14.3. The van der Waals surface area contributed by atoms with E-state index in [2.05, 4.69) is 24.3 Å². The Morgan fingerprint density at radius 1 is 1.25 bits per heavy atom. The first-order valence-corrected chi connectivity index (χ1v) is 8.38. The summed E-state index contributed by atoms with van der Waals surface area (Å²) in [5, 5.41) is 8.32. The van der Waals surface area contributed by atoms with Gasteiger partial charge in [-0.15, -0.1) is 0 Å². The van der Waals surface area contributed by atoms with E-state index in [4.69, 9.17) is 4.98 Å². The molecule has 0 aliphatic heterocycles. The summed E-state index contributed by atoms with van der Waals surface area (Å²) in [4.78, 5) is 17.5. The van der Waals surface area contributed by atoms with Crippen molar-refractivity contribution in [1.29, 1.82) is 0 Å². The van der Waals surface area contributed by atoms with Crippen LogP contribution in [0, 0.1) is 0 Å². The average Bonchev–Trinajstić information content (AvgIpc) is 3.29. The molecule has 0 spiro atoms. The summed E-state index contributed by atoms with van der Waals surface area (Å²) in [6, 6.07) is 12.3. The molecule has 1 fully saturated rings. The molecule has 0 radical (unpaired) electrons. The highest BCUT2D eigenvalue weighted by atomic mass is 16.1. The number of hydrogen-bond donors (Lipinski definition) is 1. The van der Waals surface area contributed by atoms with Crippen molar-refractivity contribution in [3.05, 3.63) is 48.2 Å². The summed E-state index contributed by atoms with van der Waals surface area (Å²) < 4.78 is 1.87. The van der Waals surface area contributed by atoms with Gasteiger partial charge in [0, 0.05) is 17.6 Å². The molecule has 1 aliphatic rings. The van der Waals surface area contributed by atoms with E-state index in [9.17, 15) is 4.79 Å². The number of nitrogens with one attached hydrogen (secondary N) is 1. The lowest BCUT2D eigenvalue weighted by Gasteiger charge is -2.11. The van der Waals surface area contributed by atoms with Gasteiger partial charge in [-0.3, -0.25) is 4.79 Å². The van der Waals surface area contributed by atoms with Crippen molar-refractivity contribution in [3.63, 3.8) is 0 Å². The van der Waals surface area contributed by atoms with Crippen molar-refractivity contribution in [3.8, 4) is 11.3 Å². The Balaban J connectivity index is 1.90. The molecule has 1 N–H and O–H groups in total. The van der Waals surface area contributed by atoms with E-state index in [1.807, 2.05) is 41.1 Å². The molecule has 2 heterocycles. The van der Waals surface area contributed by atoms with E-state index in [-0.39, 0.29) is 11.9 Å². The number of rotatable bonds is 4. The molecule has 0 unspecified atom stereocenters. The van der Waals surface area contributed by atoms with Gasteiger partial charge in [0.05, 0.1) is 22.8 Å². The monoisotopic (exact) mass is 320 g/mol. The van der Waals surface area contributed by atoms with Gasteiger partial charge in [0.2, 0.25) is 0 Å². The van der Waals surface area contributed by atoms with Crippen LogP contribution >= 0.6 is 0 Å². The summed E-state index contributed by atoms with van der Waals surface area (Å²) in [6.07, 6.45) is 3.88. The molecule has 1 aromatic carbocycles. The molecular formula is C19H20N4O. The van der Waals surface area contributed by atoms with E-state index >= 15 is 0 Å². The Morgan fingerprint density at radius 3 is 2.67 bits per heavy atom. The van der Waals surface area contributed by atoms with Crippen molar-refractivity contribution < 1.29 is 4.79 Å². The number of aromatic nitrogens is 3. The zero-order chi connectivity index (χ0) is 16.7. The minimum Gasteiger partial charge on any atom is -0.349 e. The van der Waals surface area contributed by atoms with Crippen LogP contribution < -0.4 is 5.32 Å². The Hall–Kier alpha value is -2.69. The van der Waals surface area contributed by atoms with Crippen molar-refractivity contribution in [2.75, 3.05) is 0 Å². The Bertz CT molecular complexity index is 894. The van der Waals surface area contributed by atoms with Crippen LogP contribution in [0.25, 0.3) is 22.3 Å². The third-order valence-corrected chi connectivity index (χ3v) is 4.28. The molecular weight excluding hydrogens is 300 g/mol. The minimum absolute atomic E-state index is 0.0367. The molecule has 24 heavy (non-hydrogen) atoms. The predicted molar refractivity (Wildman–Crippen MR) is 93.8 cm³/mol. The fraction of sp³-hybridized carbons (Fsp3) is 0.316. The summed E-state index contributed by atoms with van der Waals surface area (Å²) in [6.45, 7) is 4.13. The van der Waals surface area contributed by atoms with Gasteiger partial charge in [-0.25, -0.2) is 9.67 Å². The number of nitrogens with zero attached hydrogens (tertiary/aromatic N) is 3. The number of fused-ring (bicyclic) bond motifs is 1. The summed E-state index contributed by atoms with van der Waals surface area (Å²) in [5.74, 6) is -0.0367. The van der Waals surface area contributed by atoms with Crippen molar-refractivity contribution >= 4 is 16.9 Å². The van der Waals surface area contributed by atoms with E-state index in [1.54, 1.807) is 6.20 Å². The van der Waals surface area contributed by atoms with Gasteiger partial charge in [-0.05, 0) is 32.8 Å². The number of pyridine rings is 1. The Morgan fingerprint density at radius 2 is 2.00 bits per heavy atom. The molecule has 1 aliphatic carbocycles. The molecule has 1 saturated carbocycles. The van der Waals surface area contributed by atoms with Crippen molar-refractivity contribution in [1.82, 2.24) is 20.1 Å². The fourth-order valence-corrected chi connectivity index (χ4v) is 2.83. The van der Waals surface area contributed by atoms with Crippen molar-refractivity contribution in [2.24, 2.45) is 0 Å². The molecule has 0 saturated heterocycles. The smallest absolute Gasteiger partial charge is 0.252 e. The summed E-state index contributed by atoms with van der Waals surface area (Å²) in [7, 11) is 0. The lowest BCUT2D eigenvalue weighted by molar-refractivity contribution is 0.0952. The standard InChI is InChI=1S/C19H20N4O/c1-12(2)23-18-16(11-20-23)15(19(24)21-14-8-9-14)10-17(22-18)13-6-4-3-5-7-13/h3-7,10-12,14H,8-9H2,1-2H3,(H,21,24). The maximum absolute atomic E-state index is 12.7. The highest BCUT2D eigenvalue weighted by Gasteiger charge is 2.26. The molecule has 2 aromatic heterocycles. The SMILES string of the molecule is CC(C)n1ncc2c(C(=O)NC3CC3)cc(-c3ccccc3)nc21. The second-order valence-corrected chi connectivity index (χ2v) is 6.59. The zero-order valence-corrected chi connectivity index (χ0v) is 13.9. The van der Waals surface area contributed by atoms with Gasteiger partial charge in [-0.1, -0.05) is 30.3 Å². The number of benzene rings is 1. The predicted octanol–water partition coefficient (Wildman–Crippen LogP) is 3.57. The first-order valence-electron chi connectivity index (χ1n) is 8.38. The second kappa shape index (κ2) is 5.74.